The molecule has 4 atom stereocenters. The average Bonchev–Trinajstić information content (AvgIpc) is 3.21. The van der Waals surface area contributed by atoms with Crippen LogP contribution in [-0.2, 0) is 14.4 Å². The van der Waals surface area contributed by atoms with Crippen molar-refractivity contribution in [3.63, 3.8) is 0 Å². The molecule has 0 radical (unpaired) electrons. The van der Waals surface area contributed by atoms with Crippen LogP contribution < -0.4 is 16.3 Å². The third kappa shape index (κ3) is 4.51. The summed E-state index contributed by atoms with van der Waals surface area (Å²) in [5.41, 5.74) is -0.371. The van der Waals surface area contributed by atoms with Crippen LogP contribution in [0.1, 0.15) is 35.8 Å². The lowest BCUT2D eigenvalue weighted by Gasteiger charge is -2.44. The normalized spacial score (nSPS) is 21.7. The molecule has 3 aromatic carbocycles. The van der Waals surface area contributed by atoms with Crippen molar-refractivity contribution in [2.75, 3.05) is 0 Å². The second kappa shape index (κ2) is 9.77. The fourth-order valence-corrected chi connectivity index (χ4v) is 7.13. The van der Waals surface area contributed by atoms with Crippen LogP contribution in [0.5, 0.6) is 0 Å². The van der Waals surface area contributed by atoms with Gasteiger partial charge in [-0.1, -0.05) is 54.6 Å². The maximum atomic E-state index is 13.5. The first-order valence-corrected chi connectivity index (χ1v) is 13.8. The Morgan fingerprint density at radius 3 is 2.29 bits per heavy atom. The first-order valence-electron chi connectivity index (χ1n) is 12.9. The Kier molecular flexibility index (Phi) is 6.33. The van der Waals surface area contributed by atoms with Crippen LogP contribution in [0.25, 0.3) is 21.7 Å². The Labute approximate surface area is 237 Å². The summed E-state index contributed by atoms with van der Waals surface area (Å²) < 4.78 is 4.70. The molecule has 0 spiro atoms. The number of amides is 3. The molecule has 0 saturated carbocycles. The highest BCUT2D eigenvalue weighted by atomic mass is 32.2. The lowest BCUT2D eigenvalue weighted by atomic mass is 9.95. The van der Waals surface area contributed by atoms with Crippen molar-refractivity contribution in [2.24, 2.45) is 0 Å². The molecular weight excluding hydrogens is 546 g/mol. The van der Waals surface area contributed by atoms with Gasteiger partial charge < -0.3 is 25.1 Å². The largest absolute Gasteiger partial charge is 0.480 e. The zero-order chi connectivity index (χ0) is 29.1. The molecule has 3 N–H and O–H groups in total. The number of β-lactam (4-membered cyclic amide) rings is 1. The third-order valence-electron chi connectivity index (χ3n) is 7.49. The van der Waals surface area contributed by atoms with Gasteiger partial charge in [-0.3, -0.25) is 14.4 Å². The highest BCUT2D eigenvalue weighted by Gasteiger charge is 2.64. The van der Waals surface area contributed by atoms with Gasteiger partial charge in [-0.15, -0.1) is 11.8 Å². The standard InChI is InChI=1S/C30H25N3O7S/c1-30(2)23(28(37)38)33-26(36)22(27(33)41-30)32-25(35)21(15-8-4-3-5-9-15)31-24(34)19-13-18-12-16-10-6-7-11-17(16)14-20(18)40-29(19)39/h3-14,21-23,27H,1-2H3,(H,31,34)(H,32,35)(H,37,38)/t21?,22-,23+,27-/m1/s1. The monoisotopic (exact) mass is 571 g/mol. The van der Waals surface area contributed by atoms with Crippen molar-refractivity contribution >= 4 is 57.2 Å². The van der Waals surface area contributed by atoms with Crippen molar-refractivity contribution in [3.05, 3.63) is 94.3 Å². The van der Waals surface area contributed by atoms with Crippen molar-refractivity contribution in [2.45, 2.75) is 42.1 Å². The Bertz CT molecular complexity index is 1800. The number of hydrogen-bond acceptors (Lipinski definition) is 7. The zero-order valence-corrected chi connectivity index (χ0v) is 22.8. The molecule has 3 amide bonds. The average molecular weight is 572 g/mol. The summed E-state index contributed by atoms with van der Waals surface area (Å²) in [6, 6.07) is 17.7. The maximum absolute atomic E-state index is 13.5. The van der Waals surface area contributed by atoms with E-state index in [9.17, 15) is 29.1 Å². The Hall–Kier alpha value is -4.64. The van der Waals surface area contributed by atoms with Crippen LogP contribution in [-0.4, -0.2) is 55.9 Å². The van der Waals surface area contributed by atoms with Crippen molar-refractivity contribution < 1.29 is 28.7 Å². The lowest BCUT2D eigenvalue weighted by Crippen LogP contribution is -2.71. The van der Waals surface area contributed by atoms with E-state index in [0.717, 1.165) is 10.8 Å². The van der Waals surface area contributed by atoms with Crippen LogP contribution >= 0.6 is 11.8 Å². The highest BCUT2D eigenvalue weighted by Crippen LogP contribution is 2.50. The number of nitrogens with one attached hydrogen (secondary N) is 2. The molecule has 4 aromatic rings. The topological polar surface area (TPSA) is 146 Å². The molecule has 41 heavy (non-hydrogen) atoms. The zero-order valence-electron chi connectivity index (χ0n) is 22.0. The van der Waals surface area contributed by atoms with Gasteiger partial charge in [0, 0.05) is 10.1 Å². The molecule has 11 heteroatoms. The molecule has 2 aliphatic heterocycles. The summed E-state index contributed by atoms with van der Waals surface area (Å²) in [7, 11) is 0. The molecule has 10 nitrogen and oxygen atoms in total. The van der Waals surface area contributed by atoms with Crippen LogP contribution in [0.4, 0.5) is 0 Å². The summed E-state index contributed by atoms with van der Waals surface area (Å²) in [6.45, 7) is 3.48. The van der Waals surface area contributed by atoms with E-state index in [4.69, 9.17) is 4.42 Å². The van der Waals surface area contributed by atoms with Crippen LogP contribution in [0.15, 0.2) is 82.0 Å². The van der Waals surface area contributed by atoms with E-state index in [1.807, 2.05) is 30.3 Å². The second-order valence-electron chi connectivity index (χ2n) is 10.6. The van der Waals surface area contributed by atoms with Crippen molar-refractivity contribution in [1.82, 2.24) is 15.5 Å². The number of aliphatic carboxylic acids is 1. The van der Waals surface area contributed by atoms with Gasteiger partial charge in [-0.25, -0.2) is 9.59 Å². The summed E-state index contributed by atoms with van der Waals surface area (Å²) in [5, 5.41) is 16.8. The van der Waals surface area contributed by atoms with Gasteiger partial charge in [0.2, 0.25) is 11.8 Å². The molecule has 0 aliphatic carbocycles. The number of hydrogen-bond donors (Lipinski definition) is 3. The minimum Gasteiger partial charge on any atom is -0.480 e. The number of carboxylic acids is 1. The number of carboxylic acid groups (broad SMARTS) is 1. The van der Waals surface area contributed by atoms with Gasteiger partial charge in [0.15, 0.2) is 0 Å². The van der Waals surface area contributed by atoms with Crippen molar-refractivity contribution in [1.29, 1.82) is 0 Å². The number of benzene rings is 3. The molecule has 1 aromatic heterocycles. The van der Waals surface area contributed by atoms with E-state index in [-0.39, 0.29) is 5.56 Å². The maximum Gasteiger partial charge on any atom is 0.349 e. The Morgan fingerprint density at radius 2 is 1.61 bits per heavy atom. The molecule has 6 rings (SSSR count). The number of thioether (sulfide) groups is 1. The number of carbonyl (C=O) groups is 4. The molecule has 3 heterocycles. The number of fused-ring (bicyclic) bond motifs is 3. The molecule has 2 fully saturated rings. The lowest BCUT2D eigenvalue weighted by molar-refractivity contribution is -0.161. The van der Waals surface area contributed by atoms with Crippen molar-refractivity contribution in [3.8, 4) is 0 Å². The van der Waals surface area contributed by atoms with Gasteiger partial charge in [-0.05, 0) is 48.4 Å². The number of nitrogens with zero attached hydrogens (tertiary/aromatic N) is 1. The summed E-state index contributed by atoms with van der Waals surface area (Å²) in [5.74, 6) is -3.10. The quantitative estimate of drug-likeness (QED) is 0.182. The van der Waals surface area contributed by atoms with Gasteiger partial charge in [0.05, 0.1) is 0 Å². The summed E-state index contributed by atoms with van der Waals surface area (Å²) in [6.07, 6.45) is 0. The fourth-order valence-electron chi connectivity index (χ4n) is 5.50. The minimum atomic E-state index is -1.24. The first kappa shape index (κ1) is 26.6. The SMILES string of the molecule is CC1(C)S[C@@H]2[C@H](NC(=O)C(NC(=O)c3cc4cc5ccccc5cc4oc3=O)c3ccccc3)C(=O)N2[C@H]1C(=O)O. The Morgan fingerprint density at radius 1 is 0.951 bits per heavy atom. The van der Waals surface area contributed by atoms with E-state index in [0.29, 0.717) is 16.5 Å². The predicted octanol–water partition coefficient (Wildman–Crippen LogP) is 3.05. The van der Waals surface area contributed by atoms with E-state index >= 15 is 0 Å². The van der Waals surface area contributed by atoms with E-state index in [1.165, 1.54) is 22.7 Å². The third-order valence-corrected chi connectivity index (χ3v) is 9.06. The number of carbonyl (C=O) groups excluding carboxylic acids is 3. The molecule has 0 bridgehead atoms. The number of rotatable bonds is 6. The van der Waals surface area contributed by atoms with Crippen LogP contribution in [0, 0.1) is 0 Å². The molecular formula is C30H25N3O7S. The summed E-state index contributed by atoms with van der Waals surface area (Å²) >= 11 is 1.30. The van der Waals surface area contributed by atoms with Gasteiger partial charge in [-0.2, -0.15) is 0 Å². The minimum absolute atomic E-state index is 0.273. The molecule has 208 valence electrons. The van der Waals surface area contributed by atoms with Crippen LogP contribution in [0.3, 0.4) is 0 Å². The molecule has 2 aliphatic rings. The molecule has 1 unspecified atom stereocenters. The predicted molar refractivity (Wildman–Crippen MR) is 152 cm³/mol. The fraction of sp³-hybridized carbons (Fsp3) is 0.233. The van der Waals surface area contributed by atoms with E-state index in [2.05, 4.69) is 10.6 Å². The van der Waals surface area contributed by atoms with Gasteiger partial charge in [0.25, 0.3) is 5.91 Å². The second-order valence-corrected chi connectivity index (χ2v) is 12.4. The van der Waals surface area contributed by atoms with Gasteiger partial charge in [0.1, 0.15) is 34.6 Å². The van der Waals surface area contributed by atoms with E-state index < -0.39 is 57.6 Å². The summed E-state index contributed by atoms with van der Waals surface area (Å²) in [4.78, 5) is 65.8. The smallest absolute Gasteiger partial charge is 0.349 e. The van der Waals surface area contributed by atoms with E-state index in [1.54, 1.807) is 50.2 Å². The van der Waals surface area contributed by atoms with Gasteiger partial charge >= 0.3 is 11.6 Å². The van der Waals surface area contributed by atoms with Crippen LogP contribution in [0.2, 0.25) is 0 Å². The molecule has 2 saturated heterocycles. The Balaban J connectivity index is 1.27. The highest BCUT2D eigenvalue weighted by molar-refractivity contribution is 8.01. The first-order chi connectivity index (χ1) is 19.5.